The van der Waals surface area contributed by atoms with E-state index in [9.17, 15) is 14.7 Å². The number of piperidine rings is 1. The number of aliphatic hydroxyl groups excluding tert-OH is 1. The number of fused-ring (bicyclic) bond motifs is 1. The van der Waals surface area contributed by atoms with E-state index in [0.717, 1.165) is 54.8 Å². The number of hydrogen-bond acceptors (Lipinski definition) is 9. The van der Waals surface area contributed by atoms with Crippen molar-refractivity contribution in [3.63, 3.8) is 0 Å². The van der Waals surface area contributed by atoms with Gasteiger partial charge in [0.25, 0.3) is 0 Å². The normalized spacial score (nSPS) is 13.7. The van der Waals surface area contributed by atoms with Gasteiger partial charge in [-0.1, -0.05) is 43.1 Å². The second kappa shape index (κ2) is 15.7. The van der Waals surface area contributed by atoms with Crippen LogP contribution in [0.5, 0.6) is 23.0 Å². The molecule has 1 fully saturated rings. The van der Waals surface area contributed by atoms with E-state index in [2.05, 4.69) is 28.0 Å². The van der Waals surface area contributed by atoms with E-state index in [1.54, 1.807) is 55.8 Å². The van der Waals surface area contributed by atoms with Gasteiger partial charge in [0.15, 0.2) is 23.1 Å². The van der Waals surface area contributed by atoms with E-state index in [1.807, 2.05) is 6.07 Å². The van der Waals surface area contributed by atoms with Crippen molar-refractivity contribution < 1.29 is 33.3 Å². The minimum absolute atomic E-state index is 0.0133. The summed E-state index contributed by atoms with van der Waals surface area (Å²) in [5.41, 5.74) is 1.43. The van der Waals surface area contributed by atoms with E-state index >= 15 is 4.39 Å². The van der Waals surface area contributed by atoms with Gasteiger partial charge in [0.2, 0.25) is 5.91 Å². The number of pyridine rings is 1. The van der Waals surface area contributed by atoms with Crippen LogP contribution in [0.25, 0.3) is 10.9 Å². The van der Waals surface area contributed by atoms with Crippen molar-refractivity contribution >= 4 is 41.3 Å². The Hall–Kier alpha value is -4.39. The lowest BCUT2D eigenvalue weighted by Crippen LogP contribution is -2.39. The molecule has 46 heavy (non-hydrogen) atoms. The van der Waals surface area contributed by atoms with Crippen molar-refractivity contribution in [2.45, 2.75) is 25.7 Å². The van der Waals surface area contributed by atoms with Gasteiger partial charge >= 0.3 is 6.03 Å². The molecule has 1 aliphatic rings. The zero-order valence-electron chi connectivity index (χ0n) is 25.5. The number of benzene rings is 3. The zero-order chi connectivity index (χ0) is 32.5. The molecule has 3 aromatic carbocycles. The predicted octanol–water partition coefficient (Wildman–Crippen LogP) is 5.78. The summed E-state index contributed by atoms with van der Waals surface area (Å²) in [6.07, 6.45) is 4.44. The Kier molecular flexibility index (Phi) is 11.3. The number of imide groups is 1. The van der Waals surface area contributed by atoms with Crippen LogP contribution >= 0.6 is 12.8 Å². The third kappa shape index (κ3) is 8.45. The topological polar surface area (TPSA) is 113 Å². The van der Waals surface area contributed by atoms with Crippen LogP contribution in [-0.2, 0) is 11.2 Å². The van der Waals surface area contributed by atoms with Gasteiger partial charge in [-0.15, -0.1) is 0 Å². The Labute approximate surface area is 272 Å². The smallest absolute Gasteiger partial charge is 0.338 e. The molecule has 0 unspecified atom stereocenters. The maximum absolute atomic E-state index is 15.2. The fourth-order valence-electron chi connectivity index (χ4n) is 5.29. The SMILES string of the molecule is COc1cc2c(Oc3ccc(N(S)C(=O)NC(=O)Cc4ccccc4)cc3F)ccnc2cc1OCCCN1CCC(CO)CC1. The van der Waals surface area contributed by atoms with Crippen molar-refractivity contribution in [2.75, 3.05) is 44.3 Å². The minimum atomic E-state index is -0.815. The number of nitrogens with one attached hydrogen (secondary N) is 1. The summed E-state index contributed by atoms with van der Waals surface area (Å²) in [6.45, 7) is 3.64. The van der Waals surface area contributed by atoms with Crippen LogP contribution in [-0.4, -0.2) is 66.9 Å². The lowest BCUT2D eigenvalue weighted by atomic mass is 9.98. The molecule has 242 valence electrons. The van der Waals surface area contributed by atoms with Gasteiger partial charge in [-0.05, 0) is 68.1 Å². The van der Waals surface area contributed by atoms with E-state index in [0.29, 0.717) is 40.7 Å². The van der Waals surface area contributed by atoms with Crippen molar-refractivity contribution in [2.24, 2.45) is 5.92 Å². The number of carbonyl (C=O) groups is 2. The first kappa shape index (κ1) is 33.0. The number of likely N-dealkylation sites (tertiary alicyclic amines) is 1. The van der Waals surface area contributed by atoms with E-state index in [4.69, 9.17) is 14.2 Å². The van der Waals surface area contributed by atoms with Crippen LogP contribution in [0.2, 0.25) is 0 Å². The Morgan fingerprint density at radius 3 is 2.54 bits per heavy atom. The molecule has 5 rings (SSSR count). The number of amides is 3. The summed E-state index contributed by atoms with van der Waals surface area (Å²) in [7, 11) is 1.54. The first-order valence-electron chi connectivity index (χ1n) is 15.1. The van der Waals surface area contributed by atoms with Gasteiger partial charge in [-0.3, -0.25) is 15.1 Å². The van der Waals surface area contributed by atoms with Gasteiger partial charge in [0, 0.05) is 36.9 Å². The van der Waals surface area contributed by atoms with E-state index in [-0.39, 0.29) is 24.5 Å². The zero-order valence-corrected chi connectivity index (χ0v) is 26.4. The summed E-state index contributed by atoms with van der Waals surface area (Å²) < 4.78 is 33.6. The summed E-state index contributed by atoms with van der Waals surface area (Å²) in [5, 5.41) is 12.2. The highest BCUT2D eigenvalue weighted by molar-refractivity contribution is 7.82. The molecular formula is C34H37FN4O6S. The second-order valence-electron chi connectivity index (χ2n) is 11.0. The molecule has 2 N–H and O–H groups in total. The summed E-state index contributed by atoms with van der Waals surface area (Å²) >= 11 is 4.16. The standard InChI is InChI=1S/C34H37FN4O6S/c1-43-31-20-26-28(21-32(31)44-17-5-14-38-15-11-24(22-40)12-16-38)36-13-10-29(26)45-30-9-8-25(19-27(30)35)39(46)34(42)37-33(41)18-23-6-3-2-4-7-23/h2-4,6-10,13,19-21,24,40,46H,5,11-12,14-18,22H2,1H3,(H,37,41,42). The summed E-state index contributed by atoms with van der Waals surface area (Å²) in [5.74, 6) is 0.455. The molecule has 1 saturated heterocycles. The molecule has 0 radical (unpaired) electrons. The number of halogens is 1. The molecule has 1 aliphatic heterocycles. The van der Waals surface area contributed by atoms with Crippen LogP contribution in [0.4, 0.5) is 14.9 Å². The van der Waals surface area contributed by atoms with E-state index < -0.39 is 17.8 Å². The summed E-state index contributed by atoms with van der Waals surface area (Å²) in [6, 6.07) is 17.2. The van der Waals surface area contributed by atoms with Crippen molar-refractivity contribution in [3.05, 3.63) is 84.3 Å². The average molecular weight is 649 g/mol. The number of urea groups is 1. The molecule has 0 aliphatic carbocycles. The average Bonchev–Trinajstić information content (AvgIpc) is 3.07. The lowest BCUT2D eigenvalue weighted by molar-refractivity contribution is -0.119. The van der Waals surface area contributed by atoms with Crippen LogP contribution in [0, 0.1) is 11.7 Å². The lowest BCUT2D eigenvalue weighted by Gasteiger charge is -2.30. The van der Waals surface area contributed by atoms with Crippen molar-refractivity contribution in [3.8, 4) is 23.0 Å². The number of hydrogen-bond donors (Lipinski definition) is 3. The molecule has 0 saturated carbocycles. The first-order chi connectivity index (χ1) is 22.3. The Balaban J connectivity index is 1.21. The molecule has 0 bridgehead atoms. The third-order valence-electron chi connectivity index (χ3n) is 7.85. The monoisotopic (exact) mass is 648 g/mol. The number of rotatable bonds is 12. The van der Waals surface area contributed by atoms with Crippen LogP contribution in [0.3, 0.4) is 0 Å². The highest BCUT2D eigenvalue weighted by atomic mass is 32.1. The van der Waals surface area contributed by atoms with Gasteiger partial charge in [0.05, 0.1) is 31.3 Å². The van der Waals surface area contributed by atoms with Crippen molar-refractivity contribution in [1.82, 2.24) is 15.2 Å². The van der Waals surface area contributed by atoms with Gasteiger partial charge in [0.1, 0.15) is 5.75 Å². The molecule has 3 amide bonds. The third-order valence-corrected chi connectivity index (χ3v) is 8.27. The predicted molar refractivity (Wildman–Crippen MR) is 176 cm³/mol. The molecule has 0 spiro atoms. The van der Waals surface area contributed by atoms with Crippen LogP contribution < -0.4 is 23.8 Å². The molecular weight excluding hydrogens is 611 g/mol. The molecule has 12 heteroatoms. The number of anilines is 1. The Morgan fingerprint density at radius 1 is 1.04 bits per heavy atom. The summed E-state index contributed by atoms with van der Waals surface area (Å²) in [4.78, 5) is 31.7. The number of ether oxygens (including phenoxy) is 3. The largest absolute Gasteiger partial charge is 0.493 e. The van der Waals surface area contributed by atoms with Gasteiger partial charge in [-0.2, -0.15) is 0 Å². The van der Waals surface area contributed by atoms with Crippen LogP contribution in [0.15, 0.2) is 72.9 Å². The number of carbonyl (C=O) groups excluding carboxylic acids is 2. The van der Waals surface area contributed by atoms with Crippen molar-refractivity contribution in [1.29, 1.82) is 0 Å². The highest BCUT2D eigenvalue weighted by Crippen LogP contribution is 2.38. The maximum atomic E-state index is 15.2. The fraction of sp³-hybridized carbons (Fsp3) is 0.324. The molecule has 10 nitrogen and oxygen atoms in total. The minimum Gasteiger partial charge on any atom is -0.493 e. The Bertz CT molecular complexity index is 1650. The molecule has 2 heterocycles. The quantitative estimate of drug-likeness (QED) is 0.131. The molecule has 0 atom stereocenters. The number of thiol groups is 1. The fourth-order valence-corrected chi connectivity index (χ4v) is 5.46. The van der Waals surface area contributed by atoms with Gasteiger partial charge in [-0.25, -0.2) is 13.5 Å². The van der Waals surface area contributed by atoms with E-state index in [1.165, 1.54) is 12.1 Å². The number of aromatic nitrogens is 1. The first-order valence-corrected chi connectivity index (χ1v) is 15.5. The Morgan fingerprint density at radius 2 is 1.83 bits per heavy atom. The number of nitrogens with zero attached hydrogens (tertiary/aromatic N) is 3. The number of aliphatic hydroxyl groups is 1. The maximum Gasteiger partial charge on any atom is 0.338 e. The molecule has 1 aromatic heterocycles. The molecule has 4 aromatic rings. The highest BCUT2D eigenvalue weighted by Gasteiger charge is 2.20. The van der Waals surface area contributed by atoms with Gasteiger partial charge < -0.3 is 24.2 Å². The van der Waals surface area contributed by atoms with Crippen LogP contribution in [0.1, 0.15) is 24.8 Å². The second-order valence-corrected chi connectivity index (χ2v) is 11.4. The number of methoxy groups -OCH3 is 1.